The minimum Gasteiger partial charge on any atom is -0.490 e. The molecule has 2 aromatic rings. The Morgan fingerprint density at radius 3 is 2.79 bits per heavy atom. The molecule has 0 bridgehead atoms. The molecule has 1 aliphatic rings. The number of amides is 3. The van der Waals surface area contributed by atoms with Crippen LogP contribution in [0.3, 0.4) is 0 Å². The molecule has 2 N–H and O–H groups in total. The average molecular weight is 419 g/mol. The lowest BCUT2D eigenvalue weighted by Gasteiger charge is -2.12. The summed E-state index contributed by atoms with van der Waals surface area (Å²) in [7, 11) is 0. The van der Waals surface area contributed by atoms with E-state index >= 15 is 0 Å². The second-order valence-electron chi connectivity index (χ2n) is 6.43. The van der Waals surface area contributed by atoms with Crippen molar-refractivity contribution in [3.05, 3.63) is 34.8 Å². The van der Waals surface area contributed by atoms with Crippen LogP contribution < -0.4 is 25.0 Å². The van der Waals surface area contributed by atoms with Crippen LogP contribution in [0, 0.1) is 0 Å². The third-order valence-corrected chi connectivity index (χ3v) is 5.23. The zero-order valence-corrected chi connectivity index (χ0v) is 17.5. The minimum atomic E-state index is -0.142. The Balaban J connectivity index is 1.48. The molecule has 3 rings (SSSR count). The smallest absolute Gasteiger partial charge is 0.323 e. The molecule has 0 radical (unpaired) electrons. The largest absolute Gasteiger partial charge is 0.490 e. The van der Waals surface area contributed by atoms with Gasteiger partial charge in [0.05, 0.1) is 25.3 Å². The molecule has 0 unspecified atom stereocenters. The number of benzene rings is 1. The number of hydrogen-bond acceptors (Lipinski definition) is 6. The fourth-order valence-electron chi connectivity index (χ4n) is 2.98. The summed E-state index contributed by atoms with van der Waals surface area (Å²) < 4.78 is 11.2. The van der Waals surface area contributed by atoms with E-state index in [9.17, 15) is 9.59 Å². The van der Waals surface area contributed by atoms with Crippen LogP contribution in [0.4, 0.5) is 9.93 Å². The van der Waals surface area contributed by atoms with Crippen LogP contribution in [0.25, 0.3) is 0 Å². The van der Waals surface area contributed by atoms with Gasteiger partial charge in [0, 0.05) is 25.0 Å². The summed E-state index contributed by atoms with van der Waals surface area (Å²) in [5.41, 5.74) is 1.73. The van der Waals surface area contributed by atoms with Crippen LogP contribution in [0.1, 0.15) is 25.1 Å². The van der Waals surface area contributed by atoms with E-state index in [0.717, 1.165) is 17.1 Å². The van der Waals surface area contributed by atoms with Crippen LogP contribution in [-0.4, -0.2) is 49.8 Å². The van der Waals surface area contributed by atoms with E-state index in [-0.39, 0.29) is 18.4 Å². The molecule has 2 heterocycles. The first-order valence-corrected chi connectivity index (χ1v) is 10.6. The first-order chi connectivity index (χ1) is 14.1. The number of rotatable bonds is 10. The predicted molar refractivity (Wildman–Crippen MR) is 112 cm³/mol. The number of hydrogen-bond donors (Lipinski definition) is 2. The van der Waals surface area contributed by atoms with Crippen LogP contribution in [-0.2, 0) is 17.6 Å². The molecule has 0 aliphatic carbocycles. The van der Waals surface area contributed by atoms with Gasteiger partial charge in [-0.15, -0.1) is 11.3 Å². The maximum absolute atomic E-state index is 12.2. The number of ether oxygens (including phenoxy) is 2. The Bertz CT molecular complexity index is 855. The quantitative estimate of drug-likeness (QED) is 0.618. The lowest BCUT2D eigenvalue weighted by Crippen LogP contribution is -2.28. The molecule has 1 saturated heterocycles. The van der Waals surface area contributed by atoms with E-state index in [1.54, 1.807) is 4.90 Å². The predicted octanol–water partition coefficient (Wildman–Crippen LogP) is 2.37. The van der Waals surface area contributed by atoms with Crippen LogP contribution in [0.2, 0.25) is 0 Å². The molecule has 29 heavy (non-hydrogen) atoms. The topological polar surface area (TPSA) is 92.8 Å². The van der Waals surface area contributed by atoms with Gasteiger partial charge in [-0.1, -0.05) is 6.07 Å². The van der Waals surface area contributed by atoms with Gasteiger partial charge in [-0.2, -0.15) is 0 Å². The van der Waals surface area contributed by atoms with Gasteiger partial charge in [-0.3, -0.25) is 9.69 Å². The van der Waals surface area contributed by atoms with Gasteiger partial charge in [0.15, 0.2) is 16.6 Å². The zero-order chi connectivity index (χ0) is 20.6. The molecule has 0 spiro atoms. The van der Waals surface area contributed by atoms with Crippen molar-refractivity contribution < 1.29 is 19.1 Å². The molecule has 8 nitrogen and oxygen atoms in total. The number of urea groups is 1. The second-order valence-corrected chi connectivity index (χ2v) is 7.27. The van der Waals surface area contributed by atoms with Gasteiger partial charge in [0.25, 0.3) is 0 Å². The van der Waals surface area contributed by atoms with Crippen molar-refractivity contribution in [2.45, 2.75) is 26.7 Å². The Morgan fingerprint density at radius 2 is 2.07 bits per heavy atom. The van der Waals surface area contributed by atoms with Crippen LogP contribution in [0.5, 0.6) is 11.5 Å². The Morgan fingerprint density at radius 1 is 1.28 bits per heavy atom. The highest BCUT2D eigenvalue weighted by molar-refractivity contribution is 7.14. The third kappa shape index (κ3) is 5.60. The second kappa shape index (κ2) is 10.1. The van der Waals surface area contributed by atoms with Gasteiger partial charge in [-0.05, 0) is 38.0 Å². The van der Waals surface area contributed by atoms with Crippen LogP contribution in [0.15, 0.2) is 23.6 Å². The average Bonchev–Trinajstić information content (AvgIpc) is 3.32. The maximum atomic E-state index is 12.2. The zero-order valence-electron chi connectivity index (χ0n) is 16.7. The molecule has 1 aliphatic heterocycles. The van der Waals surface area contributed by atoms with E-state index in [4.69, 9.17) is 9.47 Å². The van der Waals surface area contributed by atoms with Crippen molar-refractivity contribution in [3.63, 3.8) is 0 Å². The van der Waals surface area contributed by atoms with Crippen LogP contribution >= 0.6 is 11.3 Å². The maximum Gasteiger partial charge on any atom is 0.323 e. The normalized spacial score (nSPS) is 13.3. The molecular weight excluding hydrogens is 392 g/mol. The standard InChI is InChI=1S/C20H26N4O4S/c1-3-27-16-6-5-14(11-17(16)28-4-2)7-8-21-18(25)12-15-13-29-20(23-15)24-10-9-22-19(24)26/h5-6,11,13H,3-4,7-10,12H2,1-2H3,(H,21,25)(H,22,26). The van der Waals surface area contributed by atoms with E-state index in [0.29, 0.717) is 50.1 Å². The van der Waals surface area contributed by atoms with Crippen molar-refractivity contribution in [1.29, 1.82) is 0 Å². The summed E-state index contributed by atoms with van der Waals surface area (Å²) in [6, 6.07) is 5.69. The molecule has 0 saturated carbocycles. The SMILES string of the molecule is CCOc1ccc(CCNC(=O)Cc2csc(N3CCNC3=O)n2)cc1OCC. The Hall–Kier alpha value is -2.81. The fourth-order valence-corrected chi connectivity index (χ4v) is 3.83. The number of carbonyl (C=O) groups excluding carboxylic acids is 2. The molecule has 1 aromatic carbocycles. The Labute approximate surface area is 174 Å². The molecule has 9 heteroatoms. The number of nitrogens with one attached hydrogen (secondary N) is 2. The van der Waals surface area contributed by atoms with Crippen molar-refractivity contribution in [3.8, 4) is 11.5 Å². The van der Waals surface area contributed by atoms with Crippen molar-refractivity contribution in [2.24, 2.45) is 0 Å². The molecule has 156 valence electrons. The number of nitrogens with zero attached hydrogens (tertiary/aromatic N) is 2. The molecule has 1 fully saturated rings. The summed E-state index contributed by atoms with van der Waals surface area (Å²) in [6.45, 7) is 6.75. The summed E-state index contributed by atoms with van der Waals surface area (Å²) in [6.07, 6.45) is 0.883. The van der Waals surface area contributed by atoms with Crippen molar-refractivity contribution in [2.75, 3.05) is 37.7 Å². The van der Waals surface area contributed by atoms with Crippen molar-refractivity contribution in [1.82, 2.24) is 15.6 Å². The van der Waals surface area contributed by atoms with Gasteiger partial charge in [-0.25, -0.2) is 9.78 Å². The number of thiazole rings is 1. The lowest BCUT2D eigenvalue weighted by atomic mass is 10.1. The number of anilines is 1. The lowest BCUT2D eigenvalue weighted by molar-refractivity contribution is -0.120. The van der Waals surface area contributed by atoms with E-state index in [1.165, 1.54) is 11.3 Å². The Kier molecular flexibility index (Phi) is 7.29. The summed E-state index contributed by atoms with van der Waals surface area (Å²) in [5.74, 6) is 1.36. The molecular formula is C20H26N4O4S. The van der Waals surface area contributed by atoms with Gasteiger partial charge in [0.1, 0.15) is 0 Å². The molecule has 3 amide bonds. The molecule has 0 atom stereocenters. The van der Waals surface area contributed by atoms with E-state index < -0.39 is 0 Å². The highest BCUT2D eigenvalue weighted by atomic mass is 32.1. The fraction of sp³-hybridized carbons (Fsp3) is 0.450. The van der Waals surface area contributed by atoms with Gasteiger partial charge < -0.3 is 20.1 Å². The monoisotopic (exact) mass is 418 g/mol. The number of carbonyl (C=O) groups is 2. The van der Waals surface area contributed by atoms with Crippen molar-refractivity contribution >= 4 is 28.4 Å². The number of aromatic nitrogens is 1. The third-order valence-electron chi connectivity index (χ3n) is 4.31. The van der Waals surface area contributed by atoms with E-state index in [2.05, 4.69) is 15.6 Å². The summed E-state index contributed by atoms with van der Waals surface area (Å²) in [4.78, 5) is 29.9. The van der Waals surface area contributed by atoms with Gasteiger partial charge >= 0.3 is 6.03 Å². The van der Waals surface area contributed by atoms with E-state index in [1.807, 2.05) is 37.4 Å². The van der Waals surface area contributed by atoms with Gasteiger partial charge in [0.2, 0.25) is 5.91 Å². The first kappa shape index (κ1) is 20.9. The molecule has 1 aromatic heterocycles. The first-order valence-electron chi connectivity index (χ1n) is 9.75. The minimum absolute atomic E-state index is 0.0938. The highest BCUT2D eigenvalue weighted by Gasteiger charge is 2.24. The summed E-state index contributed by atoms with van der Waals surface area (Å²) in [5, 5.41) is 8.11. The highest BCUT2D eigenvalue weighted by Crippen LogP contribution is 2.28. The summed E-state index contributed by atoms with van der Waals surface area (Å²) >= 11 is 1.37.